The Balaban J connectivity index is 1.84. The van der Waals surface area contributed by atoms with Gasteiger partial charge in [-0.15, -0.1) is 5.10 Å². The molecule has 0 radical (unpaired) electrons. The molecule has 0 N–H and O–H groups in total. The van der Waals surface area contributed by atoms with E-state index in [2.05, 4.69) is 53.9 Å². The highest BCUT2D eigenvalue weighted by atomic mass is 79.9. The monoisotopic (exact) mass is 310 g/mol. The highest BCUT2D eigenvalue weighted by molar-refractivity contribution is 9.10. The lowest BCUT2D eigenvalue weighted by Crippen LogP contribution is -2.30. The fourth-order valence-corrected chi connectivity index (χ4v) is 2.70. The molecule has 0 amide bonds. The van der Waals surface area contributed by atoms with Crippen LogP contribution in [-0.2, 0) is 26.6 Å². The average Bonchev–Trinajstić information content (AvgIpc) is 2.82. The summed E-state index contributed by atoms with van der Waals surface area (Å²) >= 11 is 3.42. The molecule has 1 aliphatic heterocycles. The molecule has 0 atom stereocenters. The first-order chi connectivity index (χ1) is 8.61. The van der Waals surface area contributed by atoms with Crippen LogP contribution in [0.4, 0.5) is 0 Å². The molecule has 6 nitrogen and oxygen atoms in total. The Morgan fingerprint density at radius 3 is 2.78 bits per heavy atom. The van der Waals surface area contributed by atoms with E-state index in [4.69, 9.17) is 0 Å². The number of fused-ring (bicyclic) bond motifs is 1. The van der Waals surface area contributed by atoms with Gasteiger partial charge in [0.05, 0.1) is 17.9 Å². The minimum Gasteiger partial charge on any atom is -0.299 e. The molecule has 3 heterocycles. The predicted octanol–water partition coefficient (Wildman–Crippen LogP) is 0.810. The molecule has 0 aromatic carbocycles. The minimum absolute atomic E-state index is 0.720. The van der Waals surface area contributed by atoms with Crippen LogP contribution < -0.4 is 0 Å². The van der Waals surface area contributed by atoms with Crippen molar-refractivity contribution in [1.82, 2.24) is 29.7 Å². The minimum atomic E-state index is 0.720. The maximum Gasteiger partial charge on any atom is 0.151 e. The number of aromatic nitrogens is 5. The van der Waals surface area contributed by atoms with Gasteiger partial charge in [-0.2, -0.15) is 15.0 Å². The number of nitrogens with zero attached hydrogens (tertiary/aromatic N) is 6. The van der Waals surface area contributed by atoms with Crippen molar-refractivity contribution in [2.75, 3.05) is 13.6 Å². The molecule has 0 saturated carbocycles. The second kappa shape index (κ2) is 4.47. The van der Waals surface area contributed by atoms with Gasteiger partial charge in [0, 0.05) is 26.6 Å². The first-order valence-electron chi connectivity index (χ1n) is 5.91. The third-order valence-electron chi connectivity index (χ3n) is 3.12. The number of halogens is 1. The summed E-state index contributed by atoms with van der Waals surface area (Å²) < 4.78 is 2.90. The first-order valence-corrected chi connectivity index (χ1v) is 6.71. The van der Waals surface area contributed by atoms with E-state index in [-0.39, 0.29) is 0 Å². The van der Waals surface area contributed by atoms with Gasteiger partial charge in [-0.25, -0.2) is 0 Å². The molecule has 1 aliphatic rings. The fraction of sp³-hybridized carbons (Fsp3) is 0.545. The summed E-state index contributed by atoms with van der Waals surface area (Å²) in [5, 5.41) is 13.1. The van der Waals surface area contributed by atoms with Crippen LogP contribution in [0.2, 0.25) is 0 Å². The van der Waals surface area contributed by atoms with Crippen LogP contribution in [-0.4, -0.2) is 43.3 Å². The topological polar surface area (TPSA) is 51.8 Å². The van der Waals surface area contributed by atoms with Crippen molar-refractivity contribution in [1.29, 1.82) is 0 Å². The molecule has 0 aliphatic carbocycles. The maximum atomic E-state index is 4.62. The van der Waals surface area contributed by atoms with Crippen LogP contribution >= 0.6 is 15.9 Å². The zero-order valence-electron chi connectivity index (χ0n) is 10.5. The normalized spacial score (nSPS) is 15.9. The van der Waals surface area contributed by atoms with Crippen molar-refractivity contribution in [3.63, 3.8) is 0 Å². The molecule has 2 aromatic heterocycles. The SMILES string of the molecule is CN1CCn2nc(Cc3nn(C)nc3Br)cc2C1. The molecule has 2 aromatic rings. The van der Waals surface area contributed by atoms with Crippen molar-refractivity contribution in [3.8, 4) is 0 Å². The van der Waals surface area contributed by atoms with Crippen LogP contribution in [0.3, 0.4) is 0 Å². The Morgan fingerprint density at radius 2 is 2.06 bits per heavy atom. The van der Waals surface area contributed by atoms with Gasteiger partial charge in [0.2, 0.25) is 0 Å². The summed E-state index contributed by atoms with van der Waals surface area (Å²) in [6.07, 6.45) is 0.720. The quantitative estimate of drug-likeness (QED) is 0.824. The van der Waals surface area contributed by atoms with Gasteiger partial charge in [-0.05, 0) is 29.0 Å². The second-order valence-electron chi connectivity index (χ2n) is 4.69. The maximum absolute atomic E-state index is 4.62. The summed E-state index contributed by atoms with van der Waals surface area (Å²) in [4.78, 5) is 3.88. The summed E-state index contributed by atoms with van der Waals surface area (Å²) in [7, 11) is 3.96. The van der Waals surface area contributed by atoms with Gasteiger partial charge in [-0.1, -0.05) is 0 Å². The molecule has 0 bridgehead atoms. The van der Waals surface area contributed by atoms with Crippen LogP contribution in [0, 0.1) is 0 Å². The van der Waals surface area contributed by atoms with Crippen molar-refractivity contribution < 1.29 is 0 Å². The molecule has 3 rings (SSSR count). The molecule has 0 saturated heterocycles. The van der Waals surface area contributed by atoms with Gasteiger partial charge in [0.25, 0.3) is 0 Å². The van der Waals surface area contributed by atoms with E-state index in [1.54, 1.807) is 4.80 Å². The lowest BCUT2D eigenvalue weighted by molar-refractivity contribution is 0.258. The van der Waals surface area contributed by atoms with Crippen LogP contribution in [0.15, 0.2) is 10.7 Å². The second-order valence-corrected chi connectivity index (χ2v) is 5.44. The van der Waals surface area contributed by atoms with Gasteiger partial charge in [0.15, 0.2) is 4.60 Å². The summed E-state index contributed by atoms with van der Waals surface area (Å²) in [5.74, 6) is 0. The number of likely N-dealkylation sites (N-methyl/N-ethyl adjacent to an activating group) is 1. The molecule has 96 valence electrons. The zero-order chi connectivity index (χ0) is 12.7. The molecule has 18 heavy (non-hydrogen) atoms. The van der Waals surface area contributed by atoms with Crippen LogP contribution in [0.5, 0.6) is 0 Å². The molecule has 0 unspecified atom stereocenters. The van der Waals surface area contributed by atoms with Crippen molar-refractivity contribution in [3.05, 3.63) is 27.8 Å². The molecule has 0 fully saturated rings. The average molecular weight is 311 g/mol. The van der Waals surface area contributed by atoms with Crippen molar-refractivity contribution in [2.45, 2.75) is 19.5 Å². The number of hydrogen-bond donors (Lipinski definition) is 0. The van der Waals surface area contributed by atoms with Gasteiger partial charge < -0.3 is 0 Å². The lowest BCUT2D eigenvalue weighted by Gasteiger charge is -2.22. The highest BCUT2D eigenvalue weighted by Gasteiger charge is 2.17. The van der Waals surface area contributed by atoms with Crippen LogP contribution in [0.25, 0.3) is 0 Å². The smallest absolute Gasteiger partial charge is 0.151 e. The third kappa shape index (κ3) is 2.20. The van der Waals surface area contributed by atoms with E-state index in [9.17, 15) is 0 Å². The van der Waals surface area contributed by atoms with Gasteiger partial charge >= 0.3 is 0 Å². The van der Waals surface area contributed by atoms with E-state index in [1.165, 1.54) is 5.69 Å². The molecular weight excluding hydrogens is 296 g/mol. The Morgan fingerprint density at radius 1 is 1.22 bits per heavy atom. The van der Waals surface area contributed by atoms with E-state index in [0.717, 1.165) is 42.0 Å². The van der Waals surface area contributed by atoms with E-state index in [1.807, 2.05) is 7.05 Å². The van der Waals surface area contributed by atoms with Crippen LogP contribution in [0.1, 0.15) is 17.1 Å². The zero-order valence-corrected chi connectivity index (χ0v) is 12.1. The Kier molecular flexibility index (Phi) is 2.95. The first kappa shape index (κ1) is 11.9. The Hall–Kier alpha value is -1.21. The van der Waals surface area contributed by atoms with E-state index < -0.39 is 0 Å². The molecule has 7 heteroatoms. The number of aryl methyl sites for hydroxylation is 1. The largest absolute Gasteiger partial charge is 0.299 e. The Bertz CT molecular complexity index is 572. The number of rotatable bonds is 2. The Labute approximate surface area is 114 Å². The molecular formula is C11H15BrN6. The summed E-state index contributed by atoms with van der Waals surface area (Å²) in [6.45, 7) is 2.99. The predicted molar refractivity (Wildman–Crippen MR) is 70.1 cm³/mol. The fourth-order valence-electron chi connectivity index (χ4n) is 2.25. The number of hydrogen-bond acceptors (Lipinski definition) is 4. The van der Waals surface area contributed by atoms with Gasteiger partial charge in [-0.3, -0.25) is 9.58 Å². The highest BCUT2D eigenvalue weighted by Crippen LogP contribution is 2.17. The summed E-state index contributed by atoms with van der Waals surface area (Å²) in [6, 6.07) is 2.16. The molecule has 0 spiro atoms. The lowest BCUT2D eigenvalue weighted by atomic mass is 10.2. The third-order valence-corrected chi connectivity index (χ3v) is 3.74. The van der Waals surface area contributed by atoms with Crippen molar-refractivity contribution >= 4 is 15.9 Å². The van der Waals surface area contributed by atoms with E-state index in [0.29, 0.717) is 0 Å². The standard InChI is InChI=1S/C11H15BrN6/c1-16-3-4-18-9(7-16)5-8(13-18)6-10-11(12)15-17(2)14-10/h5H,3-4,6-7H2,1-2H3. The van der Waals surface area contributed by atoms with E-state index >= 15 is 0 Å². The summed E-state index contributed by atoms with van der Waals surface area (Å²) in [5.41, 5.74) is 3.27. The van der Waals surface area contributed by atoms with Gasteiger partial charge in [0.1, 0.15) is 5.69 Å². The van der Waals surface area contributed by atoms with Crippen molar-refractivity contribution in [2.24, 2.45) is 7.05 Å².